The zero-order valence-corrected chi connectivity index (χ0v) is 26.0. The Labute approximate surface area is 241 Å². The highest BCUT2D eigenvalue weighted by atomic mass is 28.4. The van der Waals surface area contributed by atoms with Crippen LogP contribution >= 0.6 is 0 Å². The minimum atomic E-state index is -2.76. The van der Waals surface area contributed by atoms with Crippen LogP contribution in [0.25, 0.3) is 0 Å². The van der Waals surface area contributed by atoms with Gasteiger partial charge in [0.2, 0.25) is 11.9 Å². The van der Waals surface area contributed by atoms with Crippen molar-refractivity contribution < 1.29 is 13.3 Å². The summed E-state index contributed by atoms with van der Waals surface area (Å²) < 4.78 is 18.0. The molecule has 11 N–H and O–H groups in total. The predicted octanol–water partition coefficient (Wildman–Crippen LogP) is -1.62. The second-order valence-corrected chi connectivity index (χ2v) is 11.9. The number of hydrogen-bond acceptors (Lipinski definition) is 15. The lowest BCUT2D eigenvalue weighted by molar-refractivity contribution is 0.0708. The zero-order valence-electron chi connectivity index (χ0n) is 25.0. The van der Waals surface area contributed by atoms with E-state index in [1.165, 1.54) is 0 Å². The lowest BCUT2D eigenvalue weighted by Gasteiger charge is -2.28. The summed E-state index contributed by atoms with van der Waals surface area (Å²) in [5.74, 6) is 7.93. The Hall–Kier alpha value is -1.57. The van der Waals surface area contributed by atoms with E-state index in [-0.39, 0.29) is 0 Å². The molecular weight excluding hydrogens is 532 g/mol. The Bertz CT molecular complexity index is 741. The van der Waals surface area contributed by atoms with Crippen molar-refractivity contribution >= 4 is 20.7 Å². The van der Waals surface area contributed by atoms with Gasteiger partial charge in [0.15, 0.2) is 0 Å². The number of rotatable bonds is 26. The van der Waals surface area contributed by atoms with Crippen LogP contribution in [0.1, 0.15) is 33.0 Å². The summed E-state index contributed by atoms with van der Waals surface area (Å²) in [5, 5.41) is 4.87. The Kier molecular flexibility index (Phi) is 20.1. The normalized spacial score (nSPS) is 12.1. The fraction of sp³-hybridized carbons (Fsp3) is 0.875. The van der Waals surface area contributed by atoms with Crippen LogP contribution in [0.3, 0.4) is 0 Å². The largest absolute Gasteiger partial charge is 0.500 e. The summed E-state index contributed by atoms with van der Waals surface area (Å²) in [5.41, 5.74) is 23.0. The van der Waals surface area contributed by atoms with E-state index < -0.39 is 8.80 Å². The van der Waals surface area contributed by atoms with Gasteiger partial charge in [-0.3, -0.25) is 14.8 Å². The predicted molar refractivity (Wildman–Crippen MR) is 163 cm³/mol. The molecule has 1 aromatic heterocycles. The van der Waals surface area contributed by atoms with Gasteiger partial charge in [0.25, 0.3) is 0 Å². The molecule has 0 bridgehead atoms. The Morgan fingerprint density at radius 1 is 0.700 bits per heavy atom. The highest BCUT2D eigenvalue weighted by Gasteiger charge is 2.39. The molecule has 0 spiro atoms. The van der Waals surface area contributed by atoms with Gasteiger partial charge in [-0.2, -0.15) is 15.0 Å². The van der Waals surface area contributed by atoms with Crippen molar-refractivity contribution in [2.45, 2.75) is 39.7 Å². The first kappa shape index (κ1) is 36.5. The van der Waals surface area contributed by atoms with E-state index in [1.54, 1.807) is 5.01 Å². The smallest absolute Gasteiger partial charge is 0.374 e. The van der Waals surface area contributed by atoms with Gasteiger partial charge >= 0.3 is 8.80 Å². The maximum Gasteiger partial charge on any atom is 0.500 e. The minimum Gasteiger partial charge on any atom is -0.374 e. The summed E-state index contributed by atoms with van der Waals surface area (Å²) >= 11 is 0. The van der Waals surface area contributed by atoms with E-state index in [4.69, 9.17) is 42.1 Å². The number of hydrazine groups is 1. The van der Waals surface area contributed by atoms with E-state index in [0.29, 0.717) is 95.8 Å². The number of nitrogens with one attached hydrogen (secondary N) is 1. The monoisotopic (exact) mass is 588 g/mol. The second-order valence-electron chi connectivity index (χ2n) is 9.17. The molecule has 0 radical (unpaired) electrons. The first-order valence-corrected chi connectivity index (χ1v) is 16.5. The molecule has 0 aliphatic carbocycles. The van der Waals surface area contributed by atoms with Crippen molar-refractivity contribution in [2.75, 3.05) is 109 Å². The Morgan fingerprint density at radius 2 is 1.23 bits per heavy atom. The lowest BCUT2D eigenvalue weighted by Crippen LogP contribution is -2.46. The first-order chi connectivity index (χ1) is 19.4. The number of aryl methyl sites for hydroxylation is 1. The van der Waals surface area contributed by atoms with Crippen LogP contribution in [0.5, 0.6) is 0 Å². The van der Waals surface area contributed by atoms with Gasteiger partial charge in [-0.05, 0) is 27.2 Å². The number of anilines is 2. The van der Waals surface area contributed by atoms with E-state index in [1.807, 2.05) is 20.8 Å². The molecule has 0 aromatic carbocycles. The van der Waals surface area contributed by atoms with Crippen molar-refractivity contribution in [3.63, 3.8) is 0 Å². The average molecular weight is 589 g/mol. The SMILES string of the molecule is CCO[Si](CCCc1nc(NCCN(CCN)CCN)nc(N(N)CCN(CCN)CCN)n1)(OCC)OCC. The van der Waals surface area contributed by atoms with Crippen LogP contribution in [-0.2, 0) is 19.7 Å². The van der Waals surface area contributed by atoms with Crippen LogP contribution in [-0.4, -0.2) is 132 Å². The van der Waals surface area contributed by atoms with Crippen molar-refractivity contribution in [1.82, 2.24) is 24.8 Å². The van der Waals surface area contributed by atoms with Crippen molar-refractivity contribution in [2.24, 2.45) is 28.8 Å². The summed E-state index contributed by atoms with van der Waals surface area (Å²) in [6.45, 7) is 15.3. The van der Waals surface area contributed by atoms with Gasteiger partial charge in [-0.1, -0.05) is 0 Å². The Balaban J connectivity index is 3.03. The first-order valence-electron chi connectivity index (χ1n) is 14.6. The van der Waals surface area contributed by atoms with Gasteiger partial charge in [0, 0.05) is 104 Å². The molecule has 0 unspecified atom stereocenters. The van der Waals surface area contributed by atoms with Gasteiger partial charge < -0.3 is 41.5 Å². The molecule has 0 atom stereocenters. The van der Waals surface area contributed by atoms with Crippen molar-refractivity contribution in [1.29, 1.82) is 0 Å². The van der Waals surface area contributed by atoms with Crippen LogP contribution in [0.15, 0.2) is 0 Å². The molecule has 0 fully saturated rings. The minimum absolute atomic E-state index is 0.400. The molecule has 0 aliphatic rings. The third kappa shape index (κ3) is 14.4. The van der Waals surface area contributed by atoms with E-state index in [2.05, 4.69) is 30.1 Å². The zero-order chi connectivity index (χ0) is 29.6. The molecule has 16 heteroatoms. The Morgan fingerprint density at radius 3 is 1.73 bits per heavy atom. The molecule has 15 nitrogen and oxygen atoms in total. The highest BCUT2D eigenvalue weighted by molar-refractivity contribution is 6.60. The standard InChI is InChI=1S/C24H56N12O3Si/c1-4-37-40(38-5-2,39-6-3)21-7-8-22-31-23(30-13-18-34(14-9-25)15-10-26)33-24(32-22)36(29)20-19-35(16-11-27)17-12-28/h4-21,25-29H2,1-3H3,(H,30,31,32,33). The number of aromatic nitrogens is 3. The molecule has 1 rings (SSSR count). The highest BCUT2D eigenvalue weighted by Crippen LogP contribution is 2.20. The number of hydrogen-bond donors (Lipinski definition) is 6. The molecule has 0 saturated heterocycles. The van der Waals surface area contributed by atoms with Crippen LogP contribution in [0, 0.1) is 0 Å². The third-order valence-electron chi connectivity index (χ3n) is 6.05. The topological polar surface area (TPSA) is 218 Å². The van der Waals surface area contributed by atoms with E-state index in [9.17, 15) is 0 Å². The molecule has 234 valence electrons. The quantitative estimate of drug-likeness (QED) is 0.0407. The van der Waals surface area contributed by atoms with Crippen molar-refractivity contribution in [3.05, 3.63) is 5.82 Å². The number of nitrogens with zero attached hydrogens (tertiary/aromatic N) is 6. The molecule has 0 aliphatic heterocycles. The second kappa shape index (κ2) is 22.1. The summed E-state index contributed by atoms with van der Waals surface area (Å²) in [4.78, 5) is 18.3. The molecular formula is C24H56N12O3Si. The maximum absolute atomic E-state index is 6.42. The van der Waals surface area contributed by atoms with Crippen LogP contribution in [0.2, 0.25) is 6.04 Å². The van der Waals surface area contributed by atoms with Gasteiger partial charge in [-0.25, -0.2) is 5.84 Å². The molecule has 0 saturated carbocycles. The molecule has 0 amide bonds. The third-order valence-corrected chi connectivity index (χ3v) is 9.20. The average Bonchev–Trinajstić information content (AvgIpc) is 2.92. The summed E-state index contributed by atoms with van der Waals surface area (Å²) in [7, 11) is -2.76. The van der Waals surface area contributed by atoms with E-state index in [0.717, 1.165) is 39.1 Å². The van der Waals surface area contributed by atoms with Crippen LogP contribution < -0.4 is 39.1 Å². The molecule has 1 heterocycles. The lowest BCUT2D eigenvalue weighted by atomic mass is 10.3. The van der Waals surface area contributed by atoms with Gasteiger partial charge in [0.05, 0.1) is 6.54 Å². The van der Waals surface area contributed by atoms with Gasteiger partial charge in [-0.15, -0.1) is 0 Å². The fourth-order valence-corrected chi connectivity index (χ4v) is 6.88. The maximum atomic E-state index is 6.42. The summed E-state index contributed by atoms with van der Waals surface area (Å²) in [6, 6.07) is 0.666. The van der Waals surface area contributed by atoms with Crippen molar-refractivity contribution in [3.8, 4) is 0 Å². The van der Waals surface area contributed by atoms with Crippen LogP contribution in [0.4, 0.5) is 11.9 Å². The van der Waals surface area contributed by atoms with E-state index >= 15 is 0 Å². The number of nitrogens with two attached hydrogens (primary N) is 5. The molecule has 40 heavy (non-hydrogen) atoms. The molecule has 1 aromatic rings. The fourth-order valence-electron chi connectivity index (χ4n) is 4.27. The van der Waals surface area contributed by atoms with Gasteiger partial charge in [0.1, 0.15) is 5.82 Å². The summed E-state index contributed by atoms with van der Waals surface area (Å²) in [6.07, 6.45) is 1.33.